The third-order valence-electron chi connectivity index (χ3n) is 11.3. The summed E-state index contributed by atoms with van der Waals surface area (Å²) < 4.78 is 4.87. The Morgan fingerprint density at radius 2 is 1.08 bits per heavy atom. The molecule has 0 aliphatic heterocycles. The van der Waals surface area contributed by atoms with Gasteiger partial charge in [-0.05, 0) is 105 Å². The molecule has 0 saturated carbocycles. The van der Waals surface area contributed by atoms with Crippen LogP contribution in [0.2, 0.25) is 0 Å². The third kappa shape index (κ3) is 3.72. The van der Waals surface area contributed by atoms with Crippen LogP contribution < -0.4 is 0 Å². The maximum atomic E-state index is 4.49. The average molecular weight is 660 g/mol. The Bertz CT molecular complexity index is 3290. The second-order valence-electron chi connectivity index (χ2n) is 14.0. The highest BCUT2D eigenvalue weighted by Crippen LogP contribution is 2.49. The molecule has 0 radical (unpaired) electrons. The highest BCUT2D eigenvalue weighted by molar-refractivity contribution is 6.21. The summed E-state index contributed by atoms with van der Waals surface area (Å²) in [5, 5.41) is 10.1. The molecular formula is C49H29N3. The predicted octanol–water partition coefficient (Wildman–Crippen LogP) is 12.9. The SMILES string of the molecule is c1ccc(-n2c3ccccc3c3cc(-c4ccc5c(c4)c4ccc6ccccc6c4n5-c4cc5c6c(cccc6c4)-c4cnccc4-5)ccc32)cc1. The van der Waals surface area contributed by atoms with E-state index in [0.717, 1.165) is 0 Å². The van der Waals surface area contributed by atoms with Gasteiger partial charge in [0, 0.05) is 56.3 Å². The molecule has 12 rings (SSSR count). The van der Waals surface area contributed by atoms with Gasteiger partial charge < -0.3 is 9.13 Å². The molecule has 52 heavy (non-hydrogen) atoms. The van der Waals surface area contributed by atoms with Crippen LogP contribution >= 0.6 is 0 Å². The van der Waals surface area contributed by atoms with Crippen LogP contribution in [0.1, 0.15) is 0 Å². The van der Waals surface area contributed by atoms with Crippen molar-refractivity contribution >= 4 is 65.2 Å². The topological polar surface area (TPSA) is 22.8 Å². The molecule has 1 aliphatic rings. The summed E-state index contributed by atoms with van der Waals surface area (Å²) >= 11 is 0. The van der Waals surface area contributed by atoms with Crippen LogP contribution in [0, 0.1) is 0 Å². The molecule has 0 saturated heterocycles. The van der Waals surface area contributed by atoms with Gasteiger partial charge >= 0.3 is 0 Å². The maximum absolute atomic E-state index is 4.49. The third-order valence-corrected chi connectivity index (χ3v) is 11.3. The van der Waals surface area contributed by atoms with E-state index >= 15 is 0 Å². The highest BCUT2D eigenvalue weighted by Gasteiger charge is 2.24. The summed E-state index contributed by atoms with van der Waals surface area (Å²) in [6.45, 7) is 0. The standard InChI is InChI=1S/C49H29N3/c1-2-11-34(12-3-1)51-45-16-7-6-14-38(45)41-26-31(18-21-46(41)51)32-19-22-47-42(27-32)40-20-17-30-9-4-5-13-36(30)49(40)52(47)35-25-33-10-8-15-39-44-29-50-24-23-37(44)43(28-35)48(33)39/h1-29H. The van der Waals surface area contributed by atoms with Gasteiger partial charge in [-0.3, -0.25) is 4.98 Å². The fraction of sp³-hybridized carbons (Fsp3) is 0. The predicted molar refractivity (Wildman–Crippen MR) is 218 cm³/mol. The zero-order chi connectivity index (χ0) is 33.9. The molecule has 3 aromatic heterocycles. The van der Waals surface area contributed by atoms with E-state index in [2.05, 4.69) is 178 Å². The van der Waals surface area contributed by atoms with Gasteiger partial charge in [-0.1, -0.05) is 103 Å². The largest absolute Gasteiger partial charge is 0.309 e. The number of hydrogen-bond donors (Lipinski definition) is 0. The van der Waals surface area contributed by atoms with Crippen LogP contribution in [0.15, 0.2) is 176 Å². The Morgan fingerprint density at radius 3 is 1.94 bits per heavy atom. The van der Waals surface area contributed by atoms with Crippen molar-refractivity contribution in [1.82, 2.24) is 14.1 Å². The summed E-state index contributed by atoms with van der Waals surface area (Å²) in [5.74, 6) is 0. The Kier molecular flexibility index (Phi) is 5.50. The van der Waals surface area contributed by atoms with Crippen LogP contribution in [0.4, 0.5) is 0 Å². The first kappa shape index (κ1) is 27.8. The molecule has 240 valence electrons. The molecule has 0 unspecified atom stereocenters. The van der Waals surface area contributed by atoms with Crippen molar-refractivity contribution in [2.45, 2.75) is 0 Å². The molecule has 3 heterocycles. The second kappa shape index (κ2) is 10.3. The number of rotatable bonds is 3. The molecule has 11 aromatic rings. The van der Waals surface area contributed by atoms with Crippen molar-refractivity contribution in [3.05, 3.63) is 176 Å². The number of fused-ring (bicyclic) bond motifs is 11. The quantitative estimate of drug-likeness (QED) is 0.185. The van der Waals surface area contributed by atoms with Crippen molar-refractivity contribution in [2.24, 2.45) is 0 Å². The number of benzene rings is 8. The van der Waals surface area contributed by atoms with Gasteiger partial charge in [0.2, 0.25) is 0 Å². The van der Waals surface area contributed by atoms with E-state index in [9.17, 15) is 0 Å². The first-order chi connectivity index (χ1) is 25.8. The highest BCUT2D eigenvalue weighted by atomic mass is 15.0. The summed E-state index contributed by atoms with van der Waals surface area (Å²) in [7, 11) is 0. The lowest BCUT2D eigenvalue weighted by molar-refractivity contribution is 1.18. The summed E-state index contributed by atoms with van der Waals surface area (Å²) in [6, 6.07) is 60.3. The summed E-state index contributed by atoms with van der Waals surface area (Å²) in [5.41, 5.74) is 14.6. The Labute approximate surface area is 299 Å². The van der Waals surface area contributed by atoms with E-state index < -0.39 is 0 Å². The number of hydrogen-bond acceptors (Lipinski definition) is 1. The molecule has 0 N–H and O–H groups in total. The molecule has 3 heteroatoms. The molecule has 0 atom stereocenters. The Hall–Kier alpha value is -6.97. The molecule has 8 aromatic carbocycles. The van der Waals surface area contributed by atoms with Gasteiger partial charge in [0.1, 0.15) is 0 Å². The molecule has 1 aliphatic carbocycles. The monoisotopic (exact) mass is 659 g/mol. The van der Waals surface area contributed by atoms with Gasteiger partial charge in [0.15, 0.2) is 0 Å². The van der Waals surface area contributed by atoms with E-state index in [1.54, 1.807) is 0 Å². The van der Waals surface area contributed by atoms with Gasteiger partial charge in [-0.25, -0.2) is 0 Å². The number of para-hydroxylation sites is 2. The van der Waals surface area contributed by atoms with Crippen LogP contribution in [0.3, 0.4) is 0 Å². The van der Waals surface area contributed by atoms with E-state index in [0.29, 0.717) is 0 Å². The van der Waals surface area contributed by atoms with Gasteiger partial charge in [-0.15, -0.1) is 0 Å². The number of nitrogens with zero attached hydrogens (tertiary/aromatic N) is 3. The van der Waals surface area contributed by atoms with E-state index in [-0.39, 0.29) is 0 Å². The fourth-order valence-corrected chi connectivity index (χ4v) is 9.06. The van der Waals surface area contributed by atoms with Crippen molar-refractivity contribution in [3.63, 3.8) is 0 Å². The molecule has 0 fully saturated rings. The van der Waals surface area contributed by atoms with Crippen LogP contribution in [-0.2, 0) is 0 Å². The van der Waals surface area contributed by atoms with Gasteiger partial charge in [-0.2, -0.15) is 0 Å². The van der Waals surface area contributed by atoms with Crippen LogP contribution in [0.25, 0.3) is 110 Å². The number of pyridine rings is 1. The van der Waals surface area contributed by atoms with Crippen molar-refractivity contribution in [2.75, 3.05) is 0 Å². The molecular weight excluding hydrogens is 631 g/mol. The lowest BCUT2D eigenvalue weighted by atomic mass is 10.00. The minimum atomic E-state index is 1.17. The normalized spacial score (nSPS) is 12.2. The minimum Gasteiger partial charge on any atom is -0.309 e. The van der Waals surface area contributed by atoms with E-state index in [1.807, 2.05) is 12.4 Å². The first-order valence-electron chi connectivity index (χ1n) is 17.9. The summed E-state index contributed by atoms with van der Waals surface area (Å²) in [6.07, 6.45) is 3.92. The Balaban J connectivity index is 1.12. The van der Waals surface area contributed by atoms with Crippen LogP contribution in [-0.4, -0.2) is 14.1 Å². The van der Waals surface area contributed by atoms with Crippen molar-refractivity contribution in [1.29, 1.82) is 0 Å². The number of aromatic nitrogens is 3. The first-order valence-corrected chi connectivity index (χ1v) is 17.9. The lowest BCUT2D eigenvalue weighted by Gasteiger charge is -2.13. The minimum absolute atomic E-state index is 1.17. The molecule has 3 nitrogen and oxygen atoms in total. The van der Waals surface area contributed by atoms with Crippen molar-refractivity contribution < 1.29 is 0 Å². The maximum Gasteiger partial charge on any atom is 0.0619 e. The Morgan fingerprint density at radius 1 is 0.365 bits per heavy atom. The molecule has 0 bridgehead atoms. The molecule has 0 spiro atoms. The second-order valence-corrected chi connectivity index (χ2v) is 14.0. The average Bonchev–Trinajstić information content (AvgIpc) is 3.84. The zero-order valence-corrected chi connectivity index (χ0v) is 28.1. The van der Waals surface area contributed by atoms with E-state index in [4.69, 9.17) is 0 Å². The van der Waals surface area contributed by atoms with E-state index in [1.165, 1.54) is 110 Å². The van der Waals surface area contributed by atoms with Gasteiger partial charge in [0.05, 0.1) is 22.1 Å². The van der Waals surface area contributed by atoms with Gasteiger partial charge in [0.25, 0.3) is 0 Å². The lowest BCUT2D eigenvalue weighted by Crippen LogP contribution is -1.95. The smallest absolute Gasteiger partial charge is 0.0619 e. The summed E-state index contributed by atoms with van der Waals surface area (Å²) in [4.78, 5) is 4.49. The fourth-order valence-electron chi connectivity index (χ4n) is 9.06. The zero-order valence-electron chi connectivity index (χ0n) is 28.1. The van der Waals surface area contributed by atoms with Crippen LogP contribution in [0.5, 0.6) is 0 Å². The van der Waals surface area contributed by atoms with Crippen molar-refractivity contribution in [3.8, 4) is 44.8 Å². The molecule has 0 amide bonds.